The molecule has 2 aromatic carbocycles. The van der Waals surface area contributed by atoms with E-state index in [4.69, 9.17) is 9.47 Å². The highest BCUT2D eigenvalue weighted by Crippen LogP contribution is 2.37. The van der Waals surface area contributed by atoms with E-state index in [0.29, 0.717) is 29.6 Å². The van der Waals surface area contributed by atoms with Crippen molar-refractivity contribution in [2.75, 3.05) is 7.11 Å². The zero-order chi connectivity index (χ0) is 19.8. The predicted molar refractivity (Wildman–Crippen MR) is 114 cm³/mol. The third-order valence-electron chi connectivity index (χ3n) is 5.39. The molecule has 0 bridgehead atoms. The average molecular weight is 450 g/mol. The van der Waals surface area contributed by atoms with Gasteiger partial charge in [-0.25, -0.2) is 4.39 Å². The first-order valence-corrected chi connectivity index (χ1v) is 10.9. The molecule has 0 spiro atoms. The number of hydrogen-bond acceptors (Lipinski definition) is 3. The van der Waals surface area contributed by atoms with Crippen LogP contribution in [0.5, 0.6) is 11.5 Å². The minimum Gasteiger partial charge on any atom is -0.493 e. The summed E-state index contributed by atoms with van der Waals surface area (Å²) in [6.45, 7) is 0.852. The molecule has 1 saturated carbocycles. The molecule has 1 aliphatic carbocycles. The Morgan fingerprint density at radius 3 is 2.46 bits per heavy atom. The standard InChI is InChI=1S/C23H29BrFNO2/c1-27-22-14-13-20(24)19(15-26-18-10-5-3-2-4-6-11-18)23(22)28-16-17-9-7-8-12-21(17)25/h7-9,12-14,18,26H,2-6,10-11,15-16H2,1H3. The fourth-order valence-electron chi connectivity index (χ4n) is 3.74. The summed E-state index contributed by atoms with van der Waals surface area (Å²) in [5.74, 6) is 1.07. The van der Waals surface area contributed by atoms with Crippen LogP contribution in [0.1, 0.15) is 56.1 Å². The van der Waals surface area contributed by atoms with Gasteiger partial charge >= 0.3 is 0 Å². The molecule has 152 valence electrons. The molecule has 0 heterocycles. The van der Waals surface area contributed by atoms with Crippen LogP contribution in [-0.4, -0.2) is 13.2 Å². The molecule has 2 aromatic rings. The van der Waals surface area contributed by atoms with E-state index in [0.717, 1.165) is 10.0 Å². The molecule has 0 aliphatic heterocycles. The highest BCUT2D eigenvalue weighted by molar-refractivity contribution is 9.10. The number of ether oxygens (including phenoxy) is 2. The lowest BCUT2D eigenvalue weighted by Crippen LogP contribution is -2.29. The number of rotatable bonds is 7. The molecule has 0 amide bonds. The van der Waals surface area contributed by atoms with Gasteiger partial charge in [-0.15, -0.1) is 0 Å². The van der Waals surface area contributed by atoms with Crippen LogP contribution in [0.15, 0.2) is 40.9 Å². The van der Waals surface area contributed by atoms with Gasteiger partial charge in [0.25, 0.3) is 0 Å². The van der Waals surface area contributed by atoms with E-state index in [2.05, 4.69) is 21.2 Å². The van der Waals surface area contributed by atoms with E-state index >= 15 is 0 Å². The van der Waals surface area contributed by atoms with Crippen LogP contribution >= 0.6 is 15.9 Å². The van der Waals surface area contributed by atoms with Crippen molar-refractivity contribution in [1.82, 2.24) is 5.32 Å². The lowest BCUT2D eigenvalue weighted by atomic mass is 9.96. The maximum Gasteiger partial charge on any atom is 0.167 e. The third kappa shape index (κ3) is 5.71. The Hall–Kier alpha value is -1.59. The lowest BCUT2D eigenvalue weighted by molar-refractivity contribution is 0.274. The van der Waals surface area contributed by atoms with Crippen molar-refractivity contribution in [3.63, 3.8) is 0 Å². The Morgan fingerprint density at radius 1 is 1.04 bits per heavy atom. The van der Waals surface area contributed by atoms with Crippen LogP contribution in [-0.2, 0) is 13.2 Å². The Labute approximate surface area is 175 Å². The molecule has 1 N–H and O–H groups in total. The van der Waals surface area contributed by atoms with Crippen molar-refractivity contribution in [3.05, 3.63) is 57.8 Å². The van der Waals surface area contributed by atoms with Gasteiger partial charge in [-0.05, 0) is 31.0 Å². The van der Waals surface area contributed by atoms with Gasteiger partial charge in [0.1, 0.15) is 12.4 Å². The molecule has 1 aliphatic rings. The summed E-state index contributed by atoms with van der Waals surface area (Å²) < 4.78 is 26.5. The van der Waals surface area contributed by atoms with Gasteiger partial charge in [-0.3, -0.25) is 0 Å². The van der Waals surface area contributed by atoms with Gasteiger partial charge in [-0.1, -0.05) is 66.2 Å². The molecule has 3 rings (SSSR count). The molecule has 0 aromatic heterocycles. The van der Waals surface area contributed by atoms with E-state index in [9.17, 15) is 4.39 Å². The summed E-state index contributed by atoms with van der Waals surface area (Å²) in [5.41, 5.74) is 1.54. The van der Waals surface area contributed by atoms with E-state index in [1.807, 2.05) is 18.2 Å². The van der Waals surface area contributed by atoms with Gasteiger partial charge in [0.05, 0.1) is 7.11 Å². The SMILES string of the molecule is COc1ccc(Br)c(CNC2CCCCCCC2)c1OCc1ccccc1F. The summed E-state index contributed by atoms with van der Waals surface area (Å²) in [6, 6.07) is 11.1. The Morgan fingerprint density at radius 2 is 1.75 bits per heavy atom. The van der Waals surface area contributed by atoms with Crippen LogP contribution in [0.25, 0.3) is 0 Å². The second-order valence-corrected chi connectivity index (χ2v) is 8.21. The first-order valence-electron chi connectivity index (χ1n) is 10.1. The maximum absolute atomic E-state index is 14.0. The molecule has 0 radical (unpaired) electrons. The van der Waals surface area contributed by atoms with Gasteiger partial charge in [0.2, 0.25) is 0 Å². The van der Waals surface area contributed by atoms with Gasteiger partial charge in [-0.2, -0.15) is 0 Å². The number of hydrogen-bond donors (Lipinski definition) is 1. The van der Waals surface area contributed by atoms with Crippen molar-refractivity contribution in [3.8, 4) is 11.5 Å². The first-order chi connectivity index (χ1) is 13.7. The topological polar surface area (TPSA) is 30.5 Å². The molecule has 0 unspecified atom stereocenters. The van der Waals surface area contributed by atoms with Crippen LogP contribution in [0.2, 0.25) is 0 Å². The van der Waals surface area contributed by atoms with Crippen LogP contribution < -0.4 is 14.8 Å². The maximum atomic E-state index is 14.0. The van der Waals surface area contributed by atoms with E-state index in [1.54, 1.807) is 19.2 Å². The zero-order valence-electron chi connectivity index (χ0n) is 16.5. The number of benzene rings is 2. The number of methoxy groups -OCH3 is 1. The minimum atomic E-state index is -0.259. The van der Waals surface area contributed by atoms with Crippen molar-refractivity contribution >= 4 is 15.9 Å². The van der Waals surface area contributed by atoms with Crippen molar-refractivity contribution in [2.24, 2.45) is 0 Å². The summed E-state index contributed by atoms with van der Waals surface area (Å²) in [6.07, 6.45) is 9.03. The molecule has 28 heavy (non-hydrogen) atoms. The largest absolute Gasteiger partial charge is 0.493 e. The average Bonchev–Trinajstić information content (AvgIpc) is 2.67. The Bertz CT molecular complexity index is 760. The molecular weight excluding hydrogens is 421 g/mol. The summed E-state index contributed by atoms with van der Waals surface area (Å²) in [7, 11) is 1.63. The van der Waals surface area contributed by atoms with Crippen molar-refractivity contribution in [1.29, 1.82) is 0 Å². The second-order valence-electron chi connectivity index (χ2n) is 7.36. The van der Waals surface area contributed by atoms with Crippen LogP contribution in [0.4, 0.5) is 4.39 Å². The molecule has 0 atom stereocenters. The summed E-state index contributed by atoms with van der Waals surface area (Å²) in [4.78, 5) is 0. The smallest absolute Gasteiger partial charge is 0.167 e. The Balaban J connectivity index is 1.74. The van der Waals surface area contributed by atoms with E-state index in [-0.39, 0.29) is 12.4 Å². The fourth-order valence-corrected chi connectivity index (χ4v) is 4.19. The summed E-state index contributed by atoms with van der Waals surface area (Å²) in [5, 5.41) is 3.71. The highest BCUT2D eigenvalue weighted by Gasteiger charge is 2.18. The van der Waals surface area contributed by atoms with Gasteiger partial charge in [0, 0.05) is 28.2 Å². The highest BCUT2D eigenvalue weighted by atomic mass is 79.9. The third-order valence-corrected chi connectivity index (χ3v) is 6.13. The predicted octanol–water partition coefficient (Wildman–Crippen LogP) is 6.38. The first kappa shape index (κ1) is 21.1. The molecule has 0 saturated heterocycles. The zero-order valence-corrected chi connectivity index (χ0v) is 18.1. The Kier molecular flexibility index (Phi) is 8.16. The quantitative estimate of drug-likeness (QED) is 0.531. The molecule has 3 nitrogen and oxygen atoms in total. The molecule has 1 fully saturated rings. The normalized spacial score (nSPS) is 15.7. The monoisotopic (exact) mass is 449 g/mol. The fraction of sp³-hybridized carbons (Fsp3) is 0.478. The summed E-state index contributed by atoms with van der Waals surface area (Å²) >= 11 is 3.65. The van der Waals surface area contributed by atoms with Gasteiger partial charge in [0.15, 0.2) is 11.5 Å². The van der Waals surface area contributed by atoms with Crippen molar-refractivity contribution < 1.29 is 13.9 Å². The van der Waals surface area contributed by atoms with Crippen molar-refractivity contribution in [2.45, 2.75) is 64.1 Å². The number of halogens is 2. The molecule has 5 heteroatoms. The lowest BCUT2D eigenvalue weighted by Gasteiger charge is -2.23. The van der Waals surface area contributed by atoms with Crippen LogP contribution in [0.3, 0.4) is 0 Å². The van der Waals surface area contributed by atoms with Gasteiger partial charge < -0.3 is 14.8 Å². The minimum absolute atomic E-state index is 0.163. The molecular formula is C23H29BrFNO2. The van der Waals surface area contributed by atoms with Crippen LogP contribution in [0, 0.1) is 5.82 Å². The number of nitrogens with one attached hydrogen (secondary N) is 1. The second kappa shape index (κ2) is 10.8. The van der Waals surface area contributed by atoms with E-state index in [1.165, 1.54) is 51.0 Å². The van der Waals surface area contributed by atoms with E-state index < -0.39 is 0 Å².